The van der Waals surface area contributed by atoms with E-state index in [0.717, 1.165) is 77.0 Å². The van der Waals surface area contributed by atoms with E-state index >= 15 is 0 Å². The van der Waals surface area contributed by atoms with Crippen LogP contribution in [0.25, 0.3) is 0 Å². The van der Waals surface area contributed by atoms with Crippen LogP contribution in [0.1, 0.15) is 290 Å². The van der Waals surface area contributed by atoms with Crippen LogP contribution in [-0.2, 0) is 27.9 Å². The summed E-state index contributed by atoms with van der Waals surface area (Å²) in [6.07, 6.45) is 77.1. The van der Waals surface area contributed by atoms with Gasteiger partial charge in [-0.25, -0.2) is 0 Å². The van der Waals surface area contributed by atoms with Crippen LogP contribution in [-0.4, -0.2) is 69.4 Å². The number of ether oxygens (including phenoxy) is 1. The molecule has 3 unspecified atom stereocenters. The number of carbonyl (C=O) groups is 2. The van der Waals surface area contributed by atoms with Crippen LogP contribution in [0.3, 0.4) is 0 Å². The topological polar surface area (TPSA) is 114 Å². The summed E-state index contributed by atoms with van der Waals surface area (Å²) in [6.45, 7) is 6.71. The second-order valence-corrected chi connectivity index (χ2v) is 24.7. The monoisotopic (exact) mass is 1120 g/mol. The van der Waals surface area contributed by atoms with E-state index in [2.05, 4.69) is 92.9 Å². The van der Waals surface area contributed by atoms with Crippen LogP contribution in [0.2, 0.25) is 0 Å². The Morgan fingerprint density at radius 2 is 0.823 bits per heavy atom. The molecule has 0 heterocycles. The van der Waals surface area contributed by atoms with Crippen molar-refractivity contribution in [3.63, 3.8) is 0 Å². The molecule has 0 aliphatic heterocycles. The smallest absolute Gasteiger partial charge is 0.306 e. The van der Waals surface area contributed by atoms with Gasteiger partial charge in [0, 0.05) is 12.8 Å². The molecule has 9 nitrogen and oxygen atoms in total. The van der Waals surface area contributed by atoms with Crippen LogP contribution >= 0.6 is 7.82 Å². The van der Waals surface area contributed by atoms with Gasteiger partial charge in [0.1, 0.15) is 19.3 Å². The Morgan fingerprint density at radius 1 is 0.456 bits per heavy atom. The van der Waals surface area contributed by atoms with E-state index in [-0.39, 0.29) is 18.9 Å². The minimum atomic E-state index is -4.72. The second kappa shape index (κ2) is 58.4. The number of rotatable bonds is 59. The van der Waals surface area contributed by atoms with Gasteiger partial charge in [0.25, 0.3) is 7.82 Å². The second-order valence-electron chi connectivity index (χ2n) is 23.2. The summed E-state index contributed by atoms with van der Waals surface area (Å²) >= 11 is 0. The van der Waals surface area contributed by atoms with Crippen LogP contribution < -0.4 is 10.2 Å². The van der Waals surface area contributed by atoms with Crippen molar-refractivity contribution in [2.24, 2.45) is 0 Å². The zero-order chi connectivity index (χ0) is 57.9. The highest BCUT2D eigenvalue weighted by Gasteiger charge is 2.27. The van der Waals surface area contributed by atoms with Crippen molar-refractivity contribution >= 4 is 19.7 Å². The molecule has 0 bridgehead atoms. The van der Waals surface area contributed by atoms with Gasteiger partial charge in [0.15, 0.2) is 0 Å². The van der Waals surface area contributed by atoms with Crippen molar-refractivity contribution in [3.05, 3.63) is 85.1 Å². The summed E-state index contributed by atoms with van der Waals surface area (Å²) in [6, 6.07) is -0.921. The average Bonchev–Trinajstić information content (AvgIpc) is 3.41. The molecular formula is C69H125N2O7P. The lowest BCUT2D eigenvalue weighted by atomic mass is 10.0. The standard InChI is InChI=1S/C69H125N2O7P/c1-7-10-13-16-19-22-25-28-30-32-34-35-37-38-40-43-46-49-52-55-58-61-68(72)70-66(65-77-79(74,75)76-64-63-71(4,5)6)67(60-57-54-51-48-45-42-27-24-21-18-15-12-9-3)78-69(73)62-59-56-53-50-47-44-41-39-36-33-31-29-26-23-20-17-14-11-8-2/h11,14,20,23,29,31,36,39,44,47,53,56-57,60,66-67H,7-10,12-13,15-19,21-22,24-28,30,32-35,37-38,40-43,45-46,48-52,54-55,58-59,61-65H2,1-6H3,(H-,70,72,74,75)/b14-11-,23-20-,31-29-,39-36-,47-44-,56-53-,60-57+. The zero-order valence-corrected chi connectivity index (χ0v) is 53.2. The molecule has 79 heavy (non-hydrogen) atoms. The molecule has 0 radical (unpaired) electrons. The summed E-state index contributed by atoms with van der Waals surface area (Å²) in [4.78, 5) is 40.0. The number of quaternary nitrogens is 1. The molecule has 0 aromatic rings. The number of phosphoric ester groups is 1. The first-order valence-corrected chi connectivity index (χ1v) is 34.4. The molecule has 0 aliphatic carbocycles. The van der Waals surface area contributed by atoms with Crippen molar-refractivity contribution in [3.8, 4) is 0 Å². The Balaban J connectivity index is 5.30. The summed E-state index contributed by atoms with van der Waals surface area (Å²) in [5.41, 5.74) is 0. The van der Waals surface area contributed by atoms with Crippen LogP contribution in [0.4, 0.5) is 0 Å². The first-order chi connectivity index (χ1) is 38.4. The van der Waals surface area contributed by atoms with Gasteiger partial charge in [-0.2, -0.15) is 0 Å². The molecule has 0 aliphatic rings. The fourth-order valence-electron chi connectivity index (χ4n) is 9.31. The third kappa shape index (κ3) is 59.6. The lowest BCUT2D eigenvalue weighted by Gasteiger charge is -2.30. The highest BCUT2D eigenvalue weighted by molar-refractivity contribution is 7.45. The quantitative estimate of drug-likeness (QED) is 0.0212. The normalized spacial score (nSPS) is 14.2. The number of hydrogen-bond donors (Lipinski definition) is 1. The third-order valence-corrected chi connectivity index (χ3v) is 15.3. The van der Waals surface area contributed by atoms with E-state index in [4.69, 9.17) is 13.8 Å². The maximum Gasteiger partial charge on any atom is 0.306 e. The van der Waals surface area contributed by atoms with E-state index in [1.54, 1.807) is 0 Å². The summed E-state index contributed by atoms with van der Waals surface area (Å²) in [7, 11) is 1.15. The maximum atomic E-state index is 13.6. The van der Waals surface area contributed by atoms with Gasteiger partial charge in [0.05, 0.1) is 33.8 Å². The number of esters is 1. The van der Waals surface area contributed by atoms with E-state index in [1.807, 2.05) is 39.4 Å². The molecule has 1 amide bonds. The van der Waals surface area contributed by atoms with E-state index in [1.165, 1.54) is 173 Å². The highest BCUT2D eigenvalue weighted by atomic mass is 31.2. The largest absolute Gasteiger partial charge is 0.756 e. The van der Waals surface area contributed by atoms with Crippen molar-refractivity contribution in [1.82, 2.24) is 5.32 Å². The Labute approximate surface area is 488 Å². The van der Waals surface area contributed by atoms with E-state index in [9.17, 15) is 19.0 Å². The number of nitrogens with zero attached hydrogens (tertiary/aromatic N) is 1. The molecule has 0 rings (SSSR count). The third-order valence-electron chi connectivity index (χ3n) is 14.4. The summed E-state index contributed by atoms with van der Waals surface area (Å²) < 4.78 is 30.3. The summed E-state index contributed by atoms with van der Waals surface area (Å²) in [5.74, 6) is -0.632. The van der Waals surface area contributed by atoms with Gasteiger partial charge in [-0.05, 0) is 70.3 Å². The lowest BCUT2D eigenvalue weighted by molar-refractivity contribution is -0.870. The molecular weight excluding hydrogens is 1000 g/mol. The van der Waals surface area contributed by atoms with Crippen LogP contribution in [0.5, 0.6) is 0 Å². The van der Waals surface area contributed by atoms with Gasteiger partial charge in [0.2, 0.25) is 5.91 Å². The first-order valence-electron chi connectivity index (χ1n) is 32.9. The Hall–Kier alpha value is -2.81. The van der Waals surface area contributed by atoms with Gasteiger partial charge in [-0.1, -0.05) is 292 Å². The van der Waals surface area contributed by atoms with Gasteiger partial charge < -0.3 is 28.5 Å². The lowest BCUT2D eigenvalue weighted by Crippen LogP contribution is -2.47. The minimum Gasteiger partial charge on any atom is -0.756 e. The maximum absolute atomic E-state index is 13.6. The van der Waals surface area contributed by atoms with Crippen molar-refractivity contribution < 1.29 is 37.3 Å². The fraction of sp³-hybridized carbons (Fsp3) is 0.768. The molecule has 10 heteroatoms. The molecule has 0 saturated carbocycles. The van der Waals surface area contributed by atoms with Crippen molar-refractivity contribution in [2.45, 2.75) is 303 Å². The molecule has 3 atom stereocenters. The first kappa shape index (κ1) is 76.2. The summed E-state index contributed by atoms with van der Waals surface area (Å²) in [5, 5.41) is 3.02. The molecule has 0 fully saturated rings. The Kier molecular flexibility index (Phi) is 56.3. The molecule has 458 valence electrons. The van der Waals surface area contributed by atoms with E-state index < -0.39 is 32.5 Å². The number of hydrogen-bond acceptors (Lipinski definition) is 7. The number of likely N-dealkylation sites (N-methyl/N-ethyl adjacent to an activating group) is 1. The number of nitrogens with one attached hydrogen (secondary N) is 1. The Bertz CT molecular complexity index is 1630. The van der Waals surface area contributed by atoms with Gasteiger partial charge >= 0.3 is 5.97 Å². The zero-order valence-electron chi connectivity index (χ0n) is 52.3. The molecule has 1 N–H and O–H groups in total. The van der Waals surface area contributed by atoms with E-state index in [0.29, 0.717) is 23.9 Å². The van der Waals surface area contributed by atoms with Gasteiger partial charge in [-0.3, -0.25) is 14.2 Å². The number of phosphoric acid groups is 1. The van der Waals surface area contributed by atoms with Crippen molar-refractivity contribution in [2.75, 3.05) is 40.9 Å². The fourth-order valence-corrected chi connectivity index (χ4v) is 10.0. The number of amides is 1. The number of unbranched alkanes of at least 4 members (excludes halogenated alkanes) is 31. The molecule has 0 aromatic carbocycles. The predicted molar refractivity (Wildman–Crippen MR) is 339 cm³/mol. The Morgan fingerprint density at radius 3 is 1.22 bits per heavy atom. The van der Waals surface area contributed by atoms with Crippen LogP contribution in [0, 0.1) is 0 Å². The highest BCUT2D eigenvalue weighted by Crippen LogP contribution is 2.38. The molecule has 0 saturated heterocycles. The number of carbonyl (C=O) groups excluding carboxylic acids is 2. The molecule has 0 aromatic heterocycles. The van der Waals surface area contributed by atoms with Crippen LogP contribution in [0.15, 0.2) is 85.1 Å². The predicted octanol–water partition coefficient (Wildman–Crippen LogP) is 19.9. The SMILES string of the molecule is CC/C=C\C/C=C\C/C=C\C/C=C\C/C=C\C/C=C\CCC(=O)OC(/C=C/CCCCCCCCCCCCC)C(COP(=O)([O-])OCC[N+](C)(C)C)NC(=O)CCCCCCCCCCCCCCCCCCCCCCC. The average molecular weight is 1130 g/mol. The van der Waals surface area contributed by atoms with Gasteiger partial charge in [-0.15, -0.1) is 0 Å². The van der Waals surface area contributed by atoms with Crippen molar-refractivity contribution in [1.29, 1.82) is 0 Å². The minimum absolute atomic E-state index is 0.0351. The number of allylic oxidation sites excluding steroid dienone is 13. The molecule has 0 spiro atoms.